The molecule has 0 amide bonds. The summed E-state index contributed by atoms with van der Waals surface area (Å²) in [6, 6.07) is 58.1. The zero-order valence-electron chi connectivity index (χ0n) is 24.0. The molecule has 2 aromatic heterocycles. The van der Waals surface area contributed by atoms with Crippen molar-refractivity contribution in [2.75, 3.05) is 4.90 Å². The Morgan fingerprint density at radius 1 is 0.432 bits per heavy atom. The van der Waals surface area contributed by atoms with Gasteiger partial charge in [0.25, 0.3) is 0 Å². The van der Waals surface area contributed by atoms with Gasteiger partial charge in [-0.3, -0.25) is 4.98 Å². The van der Waals surface area contributed by atoms with Crippen molar-refractivity contribution in [2.24, 2.45) is 0 Å². The molecule has 0 bridgehead atoms. The molecule has 8 aromatic rings. The summed E-state index contributed by atoms with van der Waals surface area (Å²) in [6.45, 7) is 0. The van der Waals surface area contributed by atoms with E-state index in [1.807, 2.05) is 35.7 Å². The second-order valence-electron chi connectivity index (χ2n) is 10.8. The minimum Gasteiger partial charge on any atom is -0.309 e. The lowest BCUT2D eigenvalue weighted by Gasteiger charge is -2.26. The van der Waals surface area contributed by atoms with Crippen molar-refractivity contribution in [3.05, 3.63) is 170 Å². The second-order valence-corrected chi connectivity index (χ2v) is 11.9. The Balaban J connectivity index is 1.24. The van der Waals surface area contributed by atoms with E-state index in [0.717, 1.165) is 28.3 Å². The van der Waals surface area contributed by atoms with Gasteiger partial charge in [-0.2, -0.15) is 0 Å². The SMILES string of the molecule is c1ccc(-c2ccc(N(c3ccc(-c4ccccc4)nc3)c3cccc(-c4cccc5c4sc4ccccc45)c3)cc2)cc1. The Morgan fingerprint density at radius 2 is 1.07 bits per heavy atom. The highest BCUT2D eigenvalue weighted by Gasteiger charge is 2.16. The quantitative estimate of drug-likeness (QED) is 0.194. The maximum absolute atomic E-state index is 4.89. The lowest BCUT2D eigenvalue weighted by Crippen LogP contribution is -2.10. The van der Waals surface area contributed by atoms with Crippen LogP contribution in [0, 0.1) is 0 Å². The summed E-state index contributed by atoms with van der Waals surface area (Å²) in [4.78, 5) is 7.19. The van der Waals surface area contributed by atoms with Gasteiger partial charge >= 0.3 is 0 Å². The van der Waals surface area contributed by atoms with E-state index in [2.05, 4.69) is 150 Å². The van der Waals surface area contributed by atoms with Crippen LogP contribution < -0.4 is 4.90 Å². The van der Waals surface area contributed by atoms with Crippen molar-refractivity contribution in [3.8, 4) is 33.5 Å². The molecule has 0 radical (unpaired) electrons. The van der Waals surface area contributed by atoms with Gasteiger partial charge in [0.1, 0.15) is 0 Å². The van der Waals surface area contributed by atoms with Crippen LogP contribution in [0.2, 0.25) is 0 Å². The molecule has 2 heterocycles. The first-order valence-corrected chi connectivity index (χ1v) is 15.6. The van der Waals surface area contributed by atoms with E-state index in [0.29, 0.717) is 0 Å². The molecule has 0 spiro atoms. The first kappa shape index (κ1) is 26.1. The number of hydrogen-bond acceptors (Lipinski definition) is 3. The molecule has 0 fully saturated rings. The fourth-order valence-corrected chi connectivity index (χ4v) is 7.20. The molecule has 0 atom stereocenters. The van der Waals surface area contributed by atoms with Crippen LogP contribution in [0.1, 0.15) is 0 Å². The van der Waals surface area contributed by atoms with Gasteiger partial charge in [-0.15, -0.1) is 11.3 Å². The molecule has 0 aliphatic heterocycles. The van der Waals surface area contributed by atoms with E-state index in [9.17, 15) is 0 Å². The number of hydrogen-bond donors (Lipinski definition) is 0. The van der Waals surface area contributed by atoms with Crippen molar-refractivity contribution in [3.63, 3.8) is 0 Å². The van der Waals surface area contributed by atoms with Gasteiger partial charge in [-0.05, 0) is 64.7 Å². The maximum Gasteiger partial charge on any atom is 0.0703 e. The first-order valence-electron chi connectivity index (χ1n) is 14.8. The Labute approximate surface area is 261 Å². The third-order valence-electron chi connectivity index (χ3n) is 8.13. The standard InChI is InChI=1S/C41H28N2S/c1-3-11-29(12-4-1)30-21-23-33(24-22-30)43(35-25-26-39(42-28-35)31-13-5-2-6-14-31)34-16-9-15-32(27-34)36-18-10-19-38-37-17-7-8-20-40(37)44-41(36)38/h1-28H. The Bertz CT molecular complexity index is 2120. The van der Waals surface area contributed by atoms with Crippen LogP contribution >= 0.6 is 11.3 Å². The fourth-order valence-electron chi connectivity index (χ4n) is 5.97. The van der Waals surface area contributed by atoms with E-state index in [4.69, 9.17) is 4.98 Å². The van der Waals surface area contributed by atoms with E-state index in [-0.39, 0.29) is 0 Å². The minimum absolute atomic E-state index is 0.957. The van der Waals surface area contributed by atoms with E-state index >= 15 is 0 Å². The molecule has 0 N–H and O–H groups in total. The normalized spacial score (nSPS) is 11.2. The predicted molar refractivity (Wildman–Crippen MR) is 188 cm³/mol. The summed E-state index contributed by atoms with van der Waals surface area (Å²) in [5.74, 6) is 0. The van der Waals surface area contributed by atoms with Crippen LogP contribution in [0.25, 0.3) is 53.7 Å². The molecule has 0 aliphatic carbocycles. The second kappa shape index (κ2) is 11.3. The molecule has 208 valence electrons. The summed E-state index contributed by atoms with van der Waals surface area (Å²) >= 11 is 1.87. The Kier molecular flexibility index (Phi) is 6.71. The summed E-state index contributed by atoms with van der Waals surface area (Å²) < 4.78 is 2.63. The van der Waals surface area contributed by atoms with Crippen molar-refractivity contribution >= 4 is 48.6 Å². The fraction of sp³-hybridized carbons (Fsp3) is 0. The monoisotopic (exact) mass is 580 g/mol. The van der Waals surface area contributed by atoms with E-state index in [1.54, 1.807) is 0 Å². The number of rotatable bonds is 6. The van der Waals surface area contributed by atoms with Gasteiger partial charge < -0.3 is 4.90 Å². The minimum atomic E-state index is 0.957. The third-order valence-corrected chi connectivity index (χ3v) is 9.35. The molecule has 0 aliphatic rings. The first-order chi connectivity index (χ1) is 21.8. The molecular formula is C41H28N2S. The molecule has 2 nitrogen and oxygen atoms in total. The van der Waals surface area contributed by atoms with Crippen LogP contribution in [0.15, 0.2) is 170 Å². The summed E-state index contributed by atoms with van der Waals surface area (Å²) in [7, 11) is 0. The highest BCUT2D eigenvalue weighted by Crippen LogP contribution is 2.42. The van der Waals surface area contributed by atoms with Crippen molar-refractivity contribution in [1.82, 2.24) is 4.98 Å². The molecule has 3 heteroatoms. The highest BCUT2D eigenvalue weighted by atomic mass is 32.1. The number of pyridine rings is 1. The number of fused-ring (bicyclic) bond motifs is 3. The Morgan fingerprint density at radius 3 is 1.84 bits per heavy atom. The summed E-state index contributed by atoms with van der Waals surface area (Å²) in [5.41, 5.74) is 10.1. The summed E-state index contributed by atoms with van der Waals surface area (Å²) in [5, 5.41) is 2.62. The van der Waals surface area contributed by atoms with Gasteiger partial charge in [0.15, 0.2) is 0 Å². The van der Waals surface area contributed by atoms with Crippen LogP contribution in [-0.2, 0) is 0 Å². The average Bonchev–Trinajstić information content (AvgIpc) is 3.49. The van der Waals surface area contributed by atoms with Crippen molar-refractivity contribution < 1.29 is 0 Å². The van der Waals surface area contributed by atoms with Gasteiger partial charge in [-0.1, -0.05) is 121 Å². The lowest BCUT2D eigenvalue weighted by molar-refractivity contribution is 1.23. The largest absolute Gasteiger partial charge is 0.309 e. The van der Waals surface area contributed by atoms with Crippen LogP contribution in [-0.4, -0.2) is 4.98 Å². The van der Waals surface area contributed by atoms with Crippen LogP contribution in [0.5, 0.6) is 0 Å². The maximum atomic E-state index is 4.89. The summed E-state index contributed by atoms with van der Waals surface area (Å²) in [6.07, 6.45) is 1.98. The molecule has 44 heavy (non-hydrogen) atoms. The molecule has 0 saturated heterocycles. The highest BCUT2D eigenvalue weighted by molar-refractivity contribution is 7.26. The molecule has 0 saturated carbocycles. The lowest BCUT2D eigenvalue weighted by atomic mass is 10.0. The predicted octanol–water partition coefficient (Wildman–Crippen LogP) is 11.9. The number of benzene rings is 6. The molecule has 0 unspecified atom stereocenters. The van der Waals surface area contributed by atoms with E-state index in [1.165, 1.54) is 42.4 Å². The van der Waals surface area contributed by atoms with Gasteiger partial charge in [0, 0.05) is 37.1 Å². The van der Waals surface area contributed by atoms with Gasteiger partial charge in [-0.25, -0.2) is 0 Å². The smallest absolute Gasteiger partial charge is 0.0703 e. The van der Waals surface area contributed by atoms with Crippen LogP contribution in [0.4, 0.5) is 17.1 Å². The third kappa shape index (κ3) is 4.84. The zero-order valence-corrected chi connectivity index (χ0v) is 24.8. The number of nitrogens with zero attached hydrogens (tertiary/aromatic N) is 2. The topological polar surface area (TPSA) is 16.1 Å². The Hall–Kier alpha value is -5.51. The van der Waals surface area contributed by atoms with Crippen molar-refractivity contribution in [2.45, 2.75) is 0 Å². The molecular weight excluding hydrogens is 553 g/mol. The molecule has 6 aromatic carbocycles. The van der Waals surface area contributed by atoms with Crippen LogP contribution in [0.3, 0.4) is 0 Å². The van der Waals surface area contributed by atoms with E-state index < -0.39 is 0 Å². The van der Waals surface area contributed by atoms with Gasteiger partial charge in [0.05, 0.1) is 17.6 Å². The number of anilines is 3. The average molecular weight is 581 g/mol. The van der Waals surface area contributed by atoms with Crippen molar-refractivity contribution in [1.29, 1.82) is 0 Å². The zero-order chi connectivity index (χ0) is 29.3. The number of thiophene rings is 1. The van der Waals surface area contributed by atoms with Gasteiger partial charge in [0.2, 0.25) is 0 Å². The molecule has 8 rings (SSSR count). The number of aromatic nitrogens is 1.